The Morgan fingerprint density at radius 3 is 0.838 bits per heavy atom. The van der Waals surface area contributed by atoms with E-state index in [2.05, 4.69) is 141 Å². The molecular formula is C34H31ClN2. The maximum absolute atomic E-state index is 6.84. The van der Waals surface area contributed by atoms with Crippen LogP contribution in [0.15, 0.2) is 115 Å². The molecule has 0 bridgehead atoms. The highest BCUT2D eigenvalue weighted by Gasteiger charge is 2.18. The van der Waals surface area contributed by atoms with Crippen LogP contribution in [0.4, 0.5) is 34.1 Å². The molecule has 5 aromatic carbocycles. The van der Waals surface area contributed by atoms with Crippen molar-refractivity contribution in [1.82, 2.24) is 0 Å². The van der Waals surface area contributed by atoms with Gasteiger partial charge in [-0.3, -0.25) is 0 Å². The SMILES string of the molecule is Cc1ccc(N(c2ccc(C)cc2)c2cc(Cl)cc(N(c3ccc(C)cc3)c3ccc(C)cc3)c2)cc1. The van der Waals surface area contributed by atoms with E-state index < -0.39 is 0 Å². The van der Waals surface area contributed by atoms with Gasteiger partial charge in [-0.1, -0.05) is 82.4 Å². The number of halogens is 1. The summed E-state index contributed by atoms with van der Waals surface area (Å²) in [5, 5.41) is 0.681. The molecule has 0 fully saturated rings. The standard InChI is InChI=1S/C34H31ClN2/c1-24-5-13-29(14-6-24)36(30-15-7-25(2)8-16-30)33-21-28(35)22-34(23-33)37(31-17-9-26(3)10-18-31)32-19-11-27(4)12-20-32/h5-23H,1-4H3. The molecule has 0 radical (unpaired) electrons. The van der Waals surface area contributed by atoms with E-state index in [0.29, 0.717) is 5.02 Å². The Morgan fingerprint density at radius 2 is 0.595 bits per heavy atom. The first-order chi connectivity index (χ1) is 17.9. The second kappa shape index (κ2) is 10.5. The summed E-state index contributed by atoms with van der Waals surface area (Å²) in [6.07, 6.45) is 0. The Kier molecular flexibility index (Phi) is 7.03. The van der Waals surface area contributed by atoms with E-state index in [4.69, 9.17) is 11.6 Å². The fraction of sp³-hybridized carbons (Fsp3) is 0.118. The van der Waals surface area contributed by atoms with Gasteiger partial charge in [-0.05, 0) is 94.4 Å². The fourth-order valence-electron chi connectivity index (χ4n) is 4.49. The maximum Gasteiger partial charge on any atom is 0.0497 e. The van der Waals surface area contributed by atoms with E-state index in [1.165, 1.54) is 22.3 Å². The molecule has 0 atom stereocenters. The molecule has 0 heterocycles. The molecule has 0 unspecified atom stereocenters. The number of hydrogen-bond donors (Lipinski definition) is 0. The molecule has 0 amide bonds. The normalized spacial score (nSPS) is 10.8. The minimum absolute atomic E-state index is 0.681. The van der Waals surface area contributed by atoms with Crippen LogP contribution in [0.1, 0.15) is 22.3 Å². The molecule has 0 aromatic heterocycles. The zero-order chi connectivity index (χ0) is 25.9. The number of aryl methyl sites for hydroxylation is 4. The van der Waals surface area contributed by atoms with Gasteiger partial charge in [0.1, 0.15) is 0 Å². The van der Waals surface area contributed by atoms with E-state index >= 15 is 0 Å². The summed E-state index contributed by atoms with van der Waals surface area (Å²) < 4.78 is 0. The van der Waals surface area contributed by atoms with Gasteiger partial charge in [0.2, 0.25) is 0 Å². The first-order valence-electron chi connectivity index (χ1n) is 12.5. The summed E-state index contributed by atoms with van der Waals surface area (Å²) in [6.45, 7) is 8.44. The smallest absolute Gasteiger partial charge is 0.0497 e. The van der Waals surface area contributed by atoms with Crippen LogP contribution >= 0.6 is 11.6 Å². The molecule has 0 saturated heterocycles. The quantitative estimate of drug-likeness (QED) is 0.228. The summed E-state index contributed by atoms with van der Waals surface area (Å²) in [6, 6.07) is 40.7. The number of hydrogen-bond acceptors (Lipinski definition) is 2. The van der Waals surface area contributed by atoms with Gasteiger partial charge in [0.15, 0.2) is 0 Å². The third kappa shape index (κ3) is 5.55. The van der Waals surface area contributed by atoms with Crippen LogP contribution < -0.4 is 9.80 Å². The van der Waals surface area contributed by atoms with E-state index in [1.807, 2.05) is 12.1 Å². The second-order valence-corrected chi connectivity index (χ2v) is 10.1. The van der Waals surface area contributed by atoms with Gasteiger partial charge >= 0.3 is 0 Å². The van der Waals surface area contributed by atoms with Crippen molar-refractivity contribution in [2.45, 2.75) is 27.7 Å². The van der Waals surface area contributed by atoms with Crippen molar-refractivity contribution < 1.29 is 0 Å². The summed E-state index contributed by atoms with van der Waals surface area (Å²) in [4.78, 5) is 4.52. The van der Waals surface area contributed by atoms with Crippen molar-refractivity contribution in [3.8, 4) is 0 Å². The second-order valence-electron chi connectivity index (χ2n) is 9.68. The fourth-order valence-corrected chi connectivity index (χ4v) is 4.71. The molecular weight excluding hydrogens is 472 g/mol. The highest BCUT2D eigenvalue weighted by atomic mass is 35.5. The molecule has 0 aliphatic heterocycles. The first-order valence-corrected chi connectivity index (χ1v) is 12.9. The number of benzene rings is 5. The van der Waals surface area contributed by atoms with Gasteiger partial charge in [-0.15, -0.1) is 0 Å². The van der Waals surface area contributed by atoms with E-state index in [-0.39, 0.29) is 0 Å². The third-order valence-corrected chi connectivity index (χ3v) is 6.77. The minimum Gasteiger partial charge on any atom is -0.310 e. The Morgan fingerprint density at radius 1 is 0.351 bits per heavy atom. The summed E-state index contributed by atoms with van der Waals surface area (Å²) in [7, 11) is 0. The van der Waals surface area contributed by atoms with E-state index in [9.17, 15) is 0 Å². The van der Waals surface area contributed by atoms with Crippen molar-refractivity contribution >= 4 is 45.7 Å². The van der Waals surface area contributed by atoms with Gasteiger partial charge in [0.05, 0.1) is 0 Å². The van der Waals surface area contributed by atoms with Gasteiger partial charge < -0.3 is 9.80 Å². The number of rotatable bonds is 6. The van der Waals surface area contributed by atoms with Gasteiger partial charge in [-0.2, -0.15) is 0 Å². The lowest BCUT2D eigenvalue weighted by atomic mass is 10.1. The molecule has 3 heteroatoms. The predicted octanol–water partition coefficient (Wildman–Crippen LogP) is 10.5. The molecule has 5 aromatic rings. The van der Waals surface area contributed by atoms with Crippen LogP contribution in [-0.4, -0.2) is 0 Å². The van der Waals surface area contributed by atoms with Crippen molar-refractivity contribution in [2.24, 2.45) is 0 Å². The lowest BCUT2D eigenvalue weighted by Crippen LogP contribution is -2.13. The molecule has 5 rings (SSSR count). The maximum atomic E-state index is 6.84. The van der Waals surface area contributed by atoms with E-state index in [1.54, 1.807) is 0 Å². The monoisotopic (exact) mass is 502 g/mol. The van der Waals surface area contributed by atoms with Crippen LogP contribution in [0.5, 0.6) is 0 Å². The summed E-state index contributed by atoms with van der Waals surface area (Å²) in [5.41, 5.74) is 11.2. The van der Waals surface area contributed by atoms with Crippen molar-refractivity contribution in [3.63, 3.8) is 0 Å². The largest absolute Gasteiger partial charge is 0.310 e. The van der Waals surface area contributed by atoms with E-state index in [0.717, 1.165) is 34.1 Å². The molecule has 0 spiro atoms. The third-order valence-electron chi connectivity index (χ3n) is 6.55. The van der Waals surface area contributed by atoms with Crippen LogP contribution in [0.2, 0.25) is 5.02 Å². The lowest BCUT2D eigenvalue weighted by molar-refractivity contribution is 1.24. The van der Waals surface area contributed by atoms with Gasteiger partial charge in [0, 0.05) is 39.1 Å². The van der Waals surface area contributed by atoms with Crippen molar-refractivity contribution in [1.29, 1.82) is 0 Å². The van der Waals surface area contributed by atoms with Crippen LogP contribution in [0.3, 0.4) is 0 Å². The average Bonchev–Trinajstić information content (AvgIpc) is 2.89. The Balaban J connectivity index is 1.69. The van der Waals surface area contributed by atoms with Crippen LogP contribution in [0.25, 0.3) is 0 Å². The topological polar surface area (TPSA) is 6.48 Å². The Bertz CT molecular complexity index is 1280. The minimum atomic E-state index is 0.681. The highest BCUT2D eigenvalue weighted by Crippen LogP contribution is 2.42. The summed E-state index contributed by atoms with van der Waals surface area (Å²) >= 11 is 6.84. The van der Waals surface area contributed by atoms with Crippen LogP contribution in [0, 0.1) is 27.7 Å². The number of anilines is 6. The molecule has 2 nitrogen and oxygen atoms in total. The summed E-state index contributed by atoms with van der Waals surface area (Å²) in [5.74, 6) is 0. The molecule has 0 N–H and O–H groups in total. The van der Waals surface area contributed by atoms with Crippen molar-refractivity contribution in [3.05, 3.63) is 143 Å². The van der Waals surface area contributed by atoms with Gasteiger partial charge in [0.25, 0.3) is 0 Å². The molecule has 0 saturated carbocycles. The lowest BCUT2D eigenvalue weighted by Gasteiger charge is -2.30. The molecule has 0 aliphatic rings. The first kappa shape index (κ1) is 24.7. The Labute approximate surface area is 225 Å². The Hall–Kier alpha value is -4.01. The average molecular weight is 503 g/mol. The zero-order valence-corrected chi connectivity index (χ0v) is 22.5. The zero-order valence-electron chi connectivity index (χ0n) is 21.7. The molecule has 184 valence electrons. The number of nitrogens with zero attached hydrogens (tertiary/aromatic N) is 2. The molecule has 0 aliphatic carbocycles. The van der Waals surface area contributed by atoms with Gasteiger partial charge in [-0.25, -0.2) is 0 Å². The van der Waals surface area contributed by atoms with Crippen molar-refractivity contribution in [2.75, 3.05) is 9.80 Å². The highest BCUT2D eigenvalue weighted by molar-refractivity contribution is 6.31. The molecule has 37 heavy (non-hydrogen) atoms. The predicted molar refractivity (Wildman–Crippen MR) is 160 cm³/mol. The van der Waals surface area contributed by atoms with Crippen LogP contribution in [-0.2, 0) is 0 Å².